The Balaban J connectivity index is 1.36. The van der Waals surface area contributed by atoms with Gasteiger partial charge in [0, 0.05) is 12.2 Å². The molecule has 0 amide bonds. The van der Waals surface area contributed by atoms with Crippen molar-refractivity contribution in [1.82, 2.24) is 5.32 Å². The molecule has 4 rings (SSSR count). The first-order valence-electron chi connectivity index (χ1n) is 10.3. The van der Waals surface area contributed by atoms with Gasteiger partial charge in [0.15, 0.2) is 0 Å². The van der Waals surface area contributed by atoms with E-state index in [0.717, 1.165) is 37.9 Å². The largest absolute Gasteiger partial charge is 0.399 e. The van der Waals surface area contributed by atoms with Crippen LogP contribution in [0.15, 0.2) is 96.3 Å². The Kier molecular flexibility index (Phi) is 5.92. The van der Waals surface area contributed by atoms with Gasteiger partial charge in [-0.25, -0.2) is 0 Å². The van der Waals surface area contributed by atoms with E-state index < -0.39 is 0 Å². The van der Waals surface area contributed by atoms with Gasteiger partial charge in [-0.2, -0.15) is 0 Å². The van der Waals surface area contributed by atoms with Gasteiger partial charge < -0.3 is 11.1 Å². The summed E-state index contributed by atoms with van der Waals surface area (Å²) in [6, 6.07) is 17.4. The van der Waals surface area contributed by atoms with Crippen LogP contribution in [-0.2, 0) is 13.0 Å². The second kappa shape index (κ2) is 8.93. The Morgan fingerprint density at radius 2 is 1.93 bits per heavy atom. The maximum absolute atomic E-state index is 5.58. The van der Waals surface area contributed by atoms with Crippen molar-refractivity contribution in [1.29, 1.82) is 0 Å². The minimum atomic E-state index is 0.571. The lowest BCUT2D eigenvalue weighted by molar-refractivity contribution is 0.699. The van der Waals surface area contributed by atoms with E-state index in [1.54, 1.807) is 0 Å². The lowest BCUT2D eigenvalue weighted by Crippen LogP contribution is -2.15. The highest BCUT2D eigenvalue weighted by Gasteiger charge is 2.23. The summed E-state index contributed by atoms with van der Waals surface area (Å²) >= 11 is 0. The van der Waals surface area contributed by atoms with Crippen molar-refractivity contribution in [3.05, 3.63) is 119 Å². The summed E-state index contributed by atoms with van der Waals surface area (Å²) in [7, 11) is 0. The molecule has 146 valence electrons. The number of allylic oxidation sites excluding steroid dienone is 6. The number of nitrogens with two attached hydrogens (primary N) is 1. The summed E-state index contributed by atoms with van der Waals surface area (Å²) < 4.78 is 0. The third kappa shape index (κ3) is 4.67. The molecule has 0 fully saturated rings. The van der Waals surface area contributed by atoms with Gasteiger partial charge in [-0.1, -0.05) is 79.4 Å². The highest BCUT2D eigenvalue weighted by molar-refractivity contribution is 5.80. The van der Waals surface area contributed by atoms with E-state index in [-0.39, 0.29) is 0 Å². The monoisotopic (exact) mass is 380 g/mol. The molecule has 2 heteroatoms. The second-order valence-electron chi connectivity index (χ2n) is 7.69. The Morgan fingerprint density at radius 3 is 2.69 bits per heavy atom. The van der Waals surface area contributed by atoms with Crippen molar-refractivity contribution >= 4 is 11.6 Å². The summed E-state index contributed by atoms with van der Waals surface area (Å²) in [5, 5.41) is 3.62. The molecule has 2 aliphatic carbocycles. The number of benzene rings is 2. The van der Waals surface area contributed by atoms with E-state index in [1.807, 2.05) is 12.2 Å². The van der Waals surface area contributed by atoms with Gasteiger partial charge in [0.05, 0.1) is 0 Å². The molecule has 29 heavy (non-hydrogen) atoms. The van der Waals surface area contributed by atoms with Crippen LogP contribution < -0.4 is 11.1 Å². The van der Waals surface area contributed by atoms with Crippen LogP contribution in [0.25, 0.3) is 11.6 Å². The minimum absolute atomic E-state index is 0.571. The predicted molar refractivity (Wildman–Crippen MR) is 124 cm³/mol. The zero-order valence-electron chi connectivity index (χ0n) is 16.8. The molecular formula is C27H28N2. The van der Waals surface area contributed by atoms with E-state index in [1.165, 1.54) is 33.4 Å². The number of nitrogens with one attached hydrogen (secondary N) is 1. The van der Waals surface area contributed by atoms with Gasteiger partial charge in [-0.3, -0.25) is 0 Å². The van der Waals surface area contributed by atoms with Crippen LogP contribution in [0, 0.1) is 0 Å². The van der Waals surface area contributed by atoms with E-state index >= 15 is 0 Å². The molecule has 0 bridgehead atoms. The predicted octanol–water partition coefficient (Wildman–Crippen LogP) is 5.55. The number of fused-ring (bicyclic) bond motifs is 1. The number of hydrogen-bond donors (Lipinski definition) is 2. The normalized spacial score (nSPS) is 15.2. The Hall–Kier alpha value is -3.10. The third-order valence-corrected chi connectivity index (χ3v) is 5.58. The smallest absolute Gasteiger partial charge is 0.0241 e. The molecule has 2 nitrogen and oxygen atoms in total. The standard InChI is InChI=1S/C27H28N2/c1-20(28)10-11-21-12-14-22(15-13-21)19-29-17-16-26-25-9-5-4-8-24(25)18-27(26)23-6-2-3-7-23/h2-6,8-15,29H,1,7,16-19,28H2/b11-10+. The molecule has 2 aromatic carbocycles. The topological polar surface area (TPSA) is 38.0 Å². The van der Waals surface area contributed by atoms with Crippen molar-refractivity contribution in [3.8, 4) is 0 Å². The highest BCUT2D eigenvalue weighted by Crippen LogP contribution is 2.40. The average molecular weight is 381 g/mol. The quantitative estimate of drug-likeness (QED) is 0.465. The Bertz CT molecular complexity index is 1020. The van der Waals surface area contributed by atoms with Crippen molar-refractivity contribution in [2.24, 2.45) is 5.73 Å². The summed E-state index contributed by atoms with van der Waals surface area (Å²) in [6.07, 6.45) is 13.7. The van der Waals surface area contributed by atoms with Gasteiger partial charge in [-0.15, -0.1) is 0 Å². The first kappa shape index (κ1) is 19.2. The van der Waals surface area contributed by atoms with E-state index in [2.05, 4.69) is 78.7 Å². The lowest BCUT2D eigenvalue weighted by atomic mass is 9.97. The Morgan fingerprint density at radius 1 is 1.10 bits per heavy atom. The average Bonchev–Trinajstić information content (AvgIpc) is 3.38. The molecule has 0 atom stereocenters. The van der Waals surface area contributed by atoms with Crippen LogP contribution in [0.2, 0.25) is 0 Å². The number of rotatable bonds is 8. The molecule has 0 saturated heterocycles. The molecule has 0 heterocycles. The molecule has 0 spiro atoms. The van der Waals surface area contributed by atoms with Crippen molar-refractivity contribution in [2.45, 2.75) is 25.8 Å². The summed E-state index contributed by atoms with van der Waals surface area (Å²) in [5.41, 5.74) is 16.0. The molecular weight excluding hydrogens is 352 g/mol. The first-order chi connectivity index (χ1) is 14.2. The zero-order chi connectivity index (χ0) is 20.1. The van der Waals surface area contributed by atoms with Crippen LogP contribution in [0.1, 0.15) is 35.1 Å². The molecule has 0 unspecified atom stereocenters. The SMILES string of the molecule is C=C(N)/C=C/c1ccc(CNCCC2=C(C3=CC=CC3)Cc3ccccc32)cc1. The van der Waals surface area contributed by atoms with Gasteiger partial charge in [0.25, 0.3) is 0 Å². The fraction of sp³-hybridized carbons (Fsp3) is 0.185. The van der Waals surface area contributed by atoms with Crippen LogP contribution >= 0.6 is 0 Å². The van der Waals surface area contributed by atoms with Crippen LogP contribution in [-0.4, -0.2) is 6.54 Å². The summed E-state index contributed by atoms with van der Waals surface area (Å²) in [5.74, 6) is 0. The minimum Gasteiger partial charge on any atom is -0.399 e. The molecule has 0 saturated carbocycles. The summed E-state index contributed by atoms with van der Waals surface area (Å²) in [6.45, 7) is 5.54. The maximum atomic E-state index is 5.58. The van der Waals surface area contributed by atoms with E-state index in [9.17, 15) is 0 Å². The molecule has 3 N–H and O–H groups in total. The maximum Gasteiger partial charge on any atom is 0.0241 e. The van der Waals surface area contributed by atoms with Crippen molar-refractivity contribution in [2.75, 3.05) is 6.54 Å². The van der Waals surface area contributed by atoms with E-state index in [0.29, 0.717) is 5.70 Å². The Labute approximate surface area is 173 Å². The second-order valence-corrected chi connectivity index (χ2v) is 7.69. The highest BCUT2D eigenvalue weighted by atomic mass is 14.8. The summed E-state index contributed by atoms with van der Waals surface area (Å²) in [4.78, 5) is 0. The van der Waals surface area contributed by atoms with Crippen molar-refractivity contribution in [3.63, 3.8) is 0 Å². The van der Waals surface area contributed by atoms with Crippen molar-refractivity contribution < 1.29 is 0 Å². The molecule has 0 aromatic heterocycles. The fourth-order valence-electron chi connectivity index (χ4n) is 4.09. The van der Waals surface area contributed by atoms with Gasteiger partial charge in [-0.05, 0) is 70.9 Å². The van der Waals surface area contributed by atoms with Gasteiger partial charge >= 0.3 is 0 Å². The zero-order valence-corrected chi connectivity index (χ0v) is 16.8. The molecule has 2 aromatic rings. The molecule has 2 aliphatic rings. The molecule has 0 aliphatic heterocycles. The van der Waals surface area contributed by atoms with E-state index in [4.69, 9.17) is 5.73 Å². The molecule has 0 radical (unpaired) electrons. The van der Waals surface area contributed by atoms with Gasteiger partial charge in [0.1, 0.15) is 0 Å². The third-order valence-electron chi connectivity index (χ3n) is 5.58. The fourth-order valence-corrected chi connectivity index (χ4v) is 4.09. The lowest BCUT2D eigenvalue weighted by Gasteiger charge is -2.11. The van der Waals surface area contributed by atoms with Gasteiger partial charge in [0.2, 0.25) is 0 Å². The van der Waals surface area contributed by atoms with Crippen LogP contribution in [0.4, 0.5) is 0 Å². The van der Waals surface area contributed by atoms with Crippen LogP contribution in [0.5, 0.6) is 0 Å². The number of hydrogen-bond acceptors (Lipinski definition) is 2. The first-order valence-corrected chi connectivity index (χ1v) is 10.3. The van der Waals surface area contributed by atoms with Crippen LogP contribution in [0.3, 0.4) is 0 Å².